The Hall–Kier alpha value is -2.55. The summed E-state index contributed by atoms with van der Waals surface area (Å²) < 4.78 is 29.8. The highest BCUT2D eigenvalue weighted by atomic mass is 35.5. The molecule has 7 nitrogen and oxygen atoms in total. The Morgan fingerprint density at radius 1 is 1.13 bits per heavy atom. The van der Waals surface area contributed by atoms with Gasteiger partial charge in [-0.15, -0.1) is 0 Å². The molecule has 0 fully saturated rings. The Balaban J connectivity index is 1.69. The van der Waals surface area contributed by atoms with Crippen molar-refractivity contribution in [2.75, 3.05) is 11.3 Å². The molecular weight excluding hydrogens is 447 g/mol. The Labute approximate surface area is 185 Å². The van der Waals surface area contributed by atoms with Gasteiger partial charge in [0, 0.05) is 30.5 Å². The van der Waals surface area contributed by atoms with Crippen molar-refractivity contribution < 1.29 is 13.2 Å². The third-order valence-electron chi connectivity index (χ3n) is 4.35. The first-order valence-corrected chi connectivity index (χ1v) is 11.3. The minimum atomic E-state index is -3.93. The van der Waals surface area contributed by atoms with Crippen molar-refractivity contribution >= 4 is 44.8 Å². The van der Waals surface area contributed by atoms with Crippen molar-refractivity contribution in [3.05, 3.63) is 76.3 Å². The number of benzene rings is 2. The van der Waals surface area contributed by atoms with Crippen molar-refractivity contribution in [3.63, 3.8) is 0 Å². The molecule has 1 amide bonds. The normalized spacial score (nSPS) is 11.3. The number of nitrogens with zero attached hydrogens (tertiary/aromatic N) is 2. The standard InChI is InChI=1S/C20H20Cl2N4O3S/c1-14-3-4-15(11-19(14)22)25-30(28,29)16-5-6-18(21)17(12-16)20(27)24-7-2-9-26-10-8-23-13-26/h3-6,8,10-13,25H,2,7,9H2,1H3,(H,24,27). The van der Waals surface area contributed by atoms with E-state index in [1.807, 2.05) is 17.7 Å². The predicted octanol–water partition coefficient (Wildman–Crippen LogP) is 4.12. The first-order chi connectivity index (χ1) is 14.3. The molecule has 158 valence electrons. The van der Waals surface area contributed by atoms with E-state index >= 15 is 0 Å². The molecule has 0 bridgehead atoms. The zero-order valence-electron chi connectivity index (χ0n) is 16.1. The molecule has 0 aliphatic rings. The maximum Gasteiger partial charge on any atom is 0.261 e. The van der Waals surface area contributed by atoms with Gasteiger partial charge in [-0.3, -0.25) is 9.52 Å². The summed E-state index contributed by atoms with van der Waals surface area (Å²) in [5.74, 6) is -0.443. The van der Waals surface area contributed by atoms with Gasteiger partial charge in [-0.2, -0.15) is 0 Å². The van der Waals surface area contributed by atoms with E-state index in [-0.39, 0.29) is 15.5 Å². The number of nitrogens with one attached hydrogen (secondary N) is 2. The summed E-state index contributed by atoms with van der Waals surface area (Å²) in [6.45, 7) is 2.93. The topological polar surface area (TPSA) is 93.1 Å². The minimum Gasteiger partial charge on any atom is -0.352 e. The van der Waals surface area contributed by atoms with Crippen molar-refractivity contribution in [1.29, 1.82) is 0 Å². The summed E-state index contributed by atoms with van der Waals surface area (Å²) in [5.41, 5.74) is 1.24. The van der Waals surface area contributed by atoms with Gasteiger partial charge < -0.3 is 9.88 Å². The van der Waals surface area contributed by atoms with Gasteiger partial charge in [-0.05, 0) is 49.2 Å². The first kappa shape index (κ1) is 22.1. The van der Waals surface area contributed by atoms with Gasteiger partial charge >= 0.3 is 0 Å². The molecule has 3 rings (SSSR count). The molecule has 0 unspecified atom stereocenters. The number of carbonyl (C=O) groups excluding carboxylic acids is 1. The average molecular weight is 467 g/mol. The van der Waals surface area contributed by atoms with Crippen molar-refractivity contribution in [2.45, 2.75) is 24.8 Å². The molecule has 2 aromatic carbocycles. The van der Waals surface area contributed by atoms with E-state index in [2.05, 4.69) is 15.0 Å². The van der Waals surface area contributed by atoms with E-state index in [0.29, 0.717) is 30.2 Å². The fraction of sp³-hybridized carbons (Fsp3) is 0.200. The summed E-state index contributed by atoms with van der Waals surface area (Å²) in [6.07, 6.45) is 5.90. The summed E-state index contributed by atoms with van der Waals surface area (Å²) in [6, 6.07) is 8.84. The monoisotopic (exact) mass is 466 g/mol. The minimum absolute atomic E-state index is 0.0767. The van der Waals surface area contributed by atoms with Gasteiger partial charge in [0.05, 0.1) is 27.5 Å². The lowest BCUT2D eigenvalue weighted by molar-refractivity contribution is 0.0952. The highest BCUT2D eigenvalue weighted by Gasteiger charge is 2.19. The number of amides is 1. The van der Waals surface area contributed by atoms with Crippen LogP contribution in [0.5, 0.6) is 0 Å². The highest BCUT2D eigenvalue weighted by Crippen LogP contribution is 2.25. The number of rotatable bonds is 8. The second-order valence-corrected chi connectivity index (χ2v) is 9.12. The molecule has 0 spiro atoms. The number of aryl methyl sites for hydroxylation is 2. The summed E-state index contributed by atoms with van der Waals surface area (Å²) >= 11 is 12.2. The van der Waals surface area contributed by atoms with E-state index in [0.717, 1.165) is 5.56 Å². The van der Waals surface area contributed by atoms with Crippen LogP contribution in [0.25, 0.3) is 0 Å². The molecular formula is C20H20Cl2N4O3S. The smallest absolute Gasteiger partial charge is 0.261 e. The fourth-order valence-electron chi connectivity index (χ4n) is 2.69. The van der Waals surface area contributed by atoms with E-state index in [1.165, 1.54) is 24.3 Å². The summed E-state index contributed by atoms with van der Waals surface area (Å²) in [4.78, 5) is 16.4. The van der Waals surface area contributed by atoms with Crippen LogP contribution in [0.15, 0.2) is 60.0 Å². The third-order valence-corrected chi connectivity index (χ3v) is 6.47. The number of carbonyl (C=O) groups is 1. The maximum absolute atomic E-state index is 12.7. The summed E-state index contributed by atoms with van der Waals surface area (Å²) in [7, 11) is -3.93. The zero-order valence-corrected chi connectivity index (χ0v) is 18.4. The first-order valence-electron chi connectivity index (χ1n) is 9.09. The van der Waals surface area contributed by atoms with Gasteiger partial charge in [-0.25, -0.2) is 13.4 Å². The van der Waals surface area contributed by atoms with Gasteiger partial charge in [-0.1, -0.05) is 29.3 Å². The van der Waals surface area contributed by atoms with Crippen LogP contribution in [-0.4, -0.2) is 30.4 Å². The van der Waals surface area contributed by atoms with Gasteiger partial charge in [0.25, 0.3) is 15.9 Å². The fourth-order valence-corrected chi connectivity index (χ4v) is 4.15. The van der Waals surface area contributed by atoms with Crippen molar-refractivity contribution in [3.8, 4) is 0 Å². The molecule has 1 aromatic heterocycles. The molecule has 2 N–H and O–H groups in total. The molecule has 3 aromatic rings. The molecule has 0 saturated carbocycles. The number of halogens is 2. The number of imidazole rings is 1. The van der Waals surface area contributed by atoms with Crippen LogP contribution < -0.4 is 10.0 Å². The average Bonchev–Trinajstić information content (AvgIpc) is 3.21. The number of anilines is 1. The van der Waals surface area contributed by atoms with Crippen LogP contribution in [0.3, 0.4) is 0 Å². The number of hydrogen-bond acceptors (Lipinski definition) is 4. The molecule has 0 atom stereocenters. The van der Waals surface area contributed by atoms with Gasteiger partial charge in [0.1, 0.15) is 0 Å². The molecule has 30 heavy (non-hydrogen) atoms. The third kappa shape index (κ3) is 5.53. The van der Waals surface area contributed by atoms with Gasteiger partial charge in [0.2, 0.25) is 0 Å². The largest absolute Gasteiger partial charge is 0.352 e. The van der Waals surface area contributed by atoms with Crippen LogP contribution in [0, 0.1) is 6.92 Å². The lowest BCUT2D eigenvalue weighted by Gasteiger charge is -2.12. The SMILES string of the molecule is Cc1ccc(NS(=O)(=O)c2ccc(Cl)c(C(=O)NCCCn3ccnc3)c2)cc1Cl. The van der Waals surface area contributed by atoms with Crippen LogP contribution in [0.2, 0.25) is 10.0 Å². The Kier molecular flexibility index (Phi) is 7.02. The Morgan fingerprint density at radius 3 is 2.63 bits per heavy atom. The predicted molar refractivity (Wildman–Crippen MR) is 118 cm³/mol. The van der Waals surface area contributed by atoms with Crippen molar-refractivity contribution in [2.24, 2.45) is 0 Å². The van der Waals surface area contributed by atoms with Crippen molar-refractivity contribution in [1.82, 2.24) is 14.9 Å². The van der Waals surface area contributed by atoms with E-state index in [1.54, 1.807) is 24.7 Å². The molecule has 0 aliphatic carbocycles. The van der Waals surface area contributed by atoms with Crippen LogP contribution in [0.1, 0.15) is 22.3 Å². The Bertz CT molecular complexity index is 1150. The van der Waals surface area contributed by atoms with Crippen LogP contribution in [-0.2, 0) is 16.6 Å². The maximum atomic E-state index is 12.7. The molecule has 10 heteroatoms. The number of aromatic nitrogens is 2. The molecule has 0 saturated heterocycles. The molecule has 0 aliphatic heterocycles. The Morgan fingerprint density at radius 2 is 1.93 bits per heavy atom. The van der Waals surface area contributed by atoms with E-state index in [9.17, 15) is 13.2 Å². The highest BCUT2D eigenvalue weighted by molar-refractivity contribution is 7.92. The van der Waals surface area contributed by atoms with Gasteiger partial charge in [0.15, 0.2) is 0 Å². The lowest BCUT2D eigenvalue weighted by atomic mass is 10.2. The number of hydrogen-bond donors (Lipinski definition) is 2. The lowest BCUT2D eigenvalue weighted by Crippen LogP contribution is -2.26. The molecule has 1 heterocycles. The zero-order chi connectivity index (χ0) is 21.7. The van der Waals surface area contributed by atoms with E-state index < -0.39 is 15.9 Å². The van der Waals surface area contributed by atoms with E-state index in [4.69, 9.17) is 23.2 Å². The molecule has 0 radical (unpaired) electrons. The second-order valence-electron chi connectivity index (χ2n) is 6.62. The second kappa shape index (κ2) is 9.51. The quantitative estimate of drug-likeness (QED) is 0.488. The number of sulfonamides is 1. The van der Waals surface area contributed by atoms with Crippen LogP contribution >= 0.6 is 23.2 Å². The summed E-state index contributed by atoms with van der Waals surface area (Å²) in [5, 5.41) is 3.37. The van der Waals surface area contributed by atoms with Crippen LogP contribution in [0.4, 0.5) is 5.69 Å².